The molecule has 4 heteroatoms. The van der Waals surface area contributed by atoms with Crippen molar-refractivity contribution in [2.24, 2.45) is 0 Å². The van der Waals surface area contributed by atoms with Gasteiger partial charge < -0.3 is 19.5 Å². The van der Waals surface area contributed by atoms with Crippen molar-refractivity contribution < 1.29 is 14.2 Å². The number of benzene rings is 1. The van der Waals surface area contributed by atoms with Gasteiger partial charge in [-0.2, -0.15) is 0 Å². The third kappa shape index (κ3) is 3.61. The van der Waals surface area contributed by atoms with E-state index in [4.69, 9.17) is 14.2 Å². The van der Waals surface area contributed by atoms with E-state index >= 15 is 0 Å². The highest BCUT2D eigenvalue weighted by atomic mass is 16.6. The van der Waals surface area contributed by atoms with Crippen LogP contribution in [-0.4, -0.2) is 43.6 Å². The fraction of sp³-hybridized carbons (Fsp3) is 0.684. The molecule has 0 unspecified atom stereocenters. The van der Waals surface area contributed by atoms with Crippen molar-refractivity contribution >= 4 is 0 Å². The van der Waals surface area contributed by atoms with Gasteiger partial charge in [-0.25, -0.2) is 0 Å². The fourth-order valence-corrected chi connectivity index (χ4v) is 4.10. The van der Waals surface area contributed by atoms with Crippen LogP contribution >= 0.6 is 0 Å². The predicted octanol–water partition coefficient (Wildman–Crippen LogP) is 2.66. The number of hydrogen-bond acceptors (Lipinski definition) is 4. The average Bonchev–Trinajstić information content (AvgIpc) is 3.18. The van der Waals surface area contributed by atoms with Crippen molar-refractivity contribution in [1.82, 2.24) is 5.32 Å². The Morgan fingerprint density at radius 1 is 0.957 bits per heavy atom. The van der Waals surface area contributed by atoms with Crippen LogP contribution in [0.5, 0.6) is 0 Å². The molecule has 4 atom stereocenters. The molecule has 23 heavy (non-hydrogen) atoms. The van der Waals surface area contributed by atoms with Gasteiger partial charge in [0.25, 0.3) is 0 Å². The Bertz CT molecular complexity index is 489. The third-order valence-electron chi connectivity index (χ3n) is 5.37. The molecule has 2 aliphatic heterocycles. The lowest BCUT2D eigenvalue weighted by Crippen LogP contribution is -2.47. The molecule has 0 spiro atoms. The summed E-state index contributed by atoms with van der Waals surface area (Å²) in [5.74, 6) is 0. The zero-order valence-corrected chi connectivity index (χ0v) is 13.7. The minimum atomic E-state index is 0.0540. The molecule has 2 saturated heterocycles. The molecule has 0 radical (unpaired) electrons. The van der Waals surface area contributed by atoms with Gasteiger partial charge in [0.15, 0.2) is 0 Å². The highest BCUT2D eigenvalue weighted by Gasteiger charge is 2.48. The molecule has 0 bridgehead atoms. The first-order valence-electron chi connectivity index (χ1n) is 9.05. The molecule has 1 saturated carbocycles. The van der Waals surface area contributed by atoms with E-state index < -0.39 is 0 Å². The van der Waals surface area contributed by atoms with E-state index in [1.54, 1.807) is 0 Å². The largest absolute Gasteiger partial charge is 0.371 e. The minimum absolute atomic E-state index is 0.0540. The Labute approximate surface area is 138 Å². The Morgan fingerprint density at radius 2 is 1.74 bits per heavy atom. The molecule has 4 nitrogen and oxygen atoms in total. The van der Waals surface area contributed by atoms with Crippen molar-refractivity contribution in [1.29, 1.82) is 0 Å². The number of ether oxygens (including phenoxy) is 3. The summed E-state index contributed by atoms with van der Waals surface area (Å²) in [6, 6.07) is 11.3. The van der Waals surface area contributed by atoms with Gasteiger partial charge in [-0.3, -0.25) is 0 Å². The first-order valence-corrected chi connectivity index (χ1v) is 9.05. The summed E-state index contributed by atoms with van der Waals surface area (Å²) in [7, 11) is 0. The molecule has 4 rings (SSSR count). The molecule has 3 aliphatic rings. The van der Waals surface area contributed by atoms with Gasteiger partial charge in [0.2, 0.25) is 0 Å². The highest BCUT2D eigenvalue weighted by molar-refractivity contribution is 5.13. The van der Waals surface area contributed by atoms with Crippen LogP contribution in [-0.2, 0) is 20.8 Å². The van der Waals surface area contributed by atoms with Gasteiger partial charge in [0, 0.05) is 6.04 Å². The van der Waals surface area contributed by atoms with Crippen molar-refractivity contribution in [2.75, 3.05) is 13.2 Å². The molecule has 2 heterocycles. The van der Waals surface area contributed by atoms with Crippen LogP contribution in [0.25, 0.3) is 0 Å². The Hall–Kier alpha value is -0.940. The molecular formula is C19H27NO3. The zero-order valence-electron chi connectivity index (χ0n) is 13.7. The second kappa shape index (κ2) is 7.31. The van der Waals surface area contributed by atoms with Gasteiger partial charge in [-0.05, 0) is 18.4 Å². The van der Waals surface area contributed by atoms with Crippen LogP contribution in [0.3, 0.4) is 0 Å². The number of fused-ring (bicyclic) bond motifs is 1. The van der Waals surface area contributed by atoms with Crippen molar-refractivity contribution in [3.05, 3.63) is 35.9 Å². The van der Waals surface area contributed by atoms with Crippen LogP contribution < -0.4 is 5.32 Å². The quantitative estimate of drug-likeness (QED) is 0.906. The van der Waals surface area contributed by atoms with Gasteiger partial charge in [0.1, 0.15) is 18.3 Å². The lowest BCUT2D eigenvalue weighted by Gasteiger charge is -2.27. The van der Waals surface area contributed by atoms with E-state index in [-0.39, 0.29) is 18.3 Å². The first-order chi connectivity index (χ1) is 11.4. The standard InChI is InChI=1S/C19H27NO3/c1-3-7-14(8-4-1)11-21-17-13-23-18-16(12-22-19(17)18)20-15-9-5-2-6-10-15/h1,3-4,7-8,15-20H,2,5-6,9-13H2/t16-,17-,18-,19-/m1/s1. The third-order valence-corrected chi connectivity index (χ3v) is 5.37. The maximum absolute atomic E-state index is 6.06. The normalized spacial score (nSPS) is 34.6. The van der Waals surface area contributed by atoms with Crippen LogP contribution in [0.15, 0.2) is 30.3 Å². The molecule has 126 valence electrons. The maximum atomic E-state index is 6.06. The van der Waals surface area contributed by atoms with Crippen molar-refractivity contribution in [3.8, 4) is 0 Å². The Balaban J connectivity index is 1.29. The van der Waals surface area contributed by atoms with Gasteiger partial charge in [-0.1, -0.05) is 49.6 Å². The van der Waals surface area contributed by atoms with Gasteiger partial charge >= 0.3 is 0 Å². The second-order valence-electron chi connectivity index (χ2n) is 7.04. The lowest BCUT2D eigenvalue weighted by molar-refractivity contribution is -0.0394. The number of nitrogens with one attached hydrogen (secondary N) is 1. The second-order valence-corrected chi connectivity index (χ2v) is 7.04. The summed E-state index contributed by atoms with van der Waals surface area (Å²) < 4.78 is 18.1. The Kier molecular flexibility index (Phi) is 4.95. The van der Waals surface area contributed by atoms with E-state index in [1.807, 2.05) is 18.2 Å². The van der Waals surface area contributed by atoms with Crippen LogP contribution in [0.1, 0.15) is 37.7 Å². The summed E-state index contributed by atoms with van der Waals surface area (Å²) in [5.41, 5.74) is 1.20. The molecular weight excluding hydrogens is 290 g/mol. The molecule has 1 N–H and O–H groups in total. The molecule has 3 fully saturated rings. The summed E-state index contributed by atoms with van der Waals surface area (Å²) >= 11 is 0. The van der Waals surface area contributed by atoms with Crippen LogP contribution in [0, 0.1) is 0 Å². The average molecular weight is 317 g/mol. The lowest BCUT2D eigenvalue weighted by atomic mass is 9.94. The van der Waals surface area contributed by atoms with E-state index in [1.165, 1.54) is 37.7 Å². The van der Waals surface area contributed by atoms with Crippen molar-refractivity contribution in [2.45, 2.75) is 69.1 Å². The monoisotopic (exact) mass is 317 g/mol. The first kappa shape index (κ1) is 15.6. The topological polar surface area (TPSA) is 39.7 Å². The molecule has 1 aliphatic carbocycles. The summed E-state index contributed by atoms with van der Waals surface area (Å²) in [4.78, 5) is 0. The SMILES string of the molecule is c1ccc(CO[C@@H]2CO[C@H]3[C@@H]2OC[C@H]3NC2CCCCC2)cc1. The van der Waals surface area contributed by atoms with E-state index in [0.717, 1.165) is 6.61 Å². The van der Waals surface area contributed by atoms with Crippen LogP contribution in [0.4, 0.5) is 0 Å². The molecule has 1 aromatic rings. The van der Waals surface area contributed by atoms with Crippen LogP contribution in [0.2, 0.25) is 0 Å². The van der Waals surface area contributed by atoms with Gasteiger partial charge in [0.05, 0.1) is 25.9 Å². The minimum Gasteiger partial charge on any atom is -0.371 e. The number of hydrogen-bond donors (Lipinski definition) is 1. The molecule has 0 amide bonds. The Morgan fingerprint density at radius 3 is 2.57 bits per heavy atom. The van der Waals surface area contributed by atoms with Gasteiger partial charge in [-0.15, -0.1) is 0 Å². The zero-order chi connectivity index (χ0) is 15.5. The highest BCUT2D eigenvalue weighted by Crippen LogP contribution is 2.30. The predicted molar refractivity (Wildman–Crippen MR) is 88.3 cm³/mol. The molecule has 1 aromatic carbocycles. The maximum Gasteiger partial charge on any atom is 0.114 e. The van der Waals surface area contributed by atoms with E-state index in [2.05, 4.69) is 17.4 Å². The molecule has 0 aromatic heterocycles. The summed E-state index contributed by atoms with van der Waals surface area (Å²) in [5, 5.41) is 3.78. The summed E-state index contributed by atoms with van der Waals surface area (Å²) in [6.45, 7) is 2.02. The van der Waals surface area contributed by atoms with E-state index in [0.29, 0.717) is 25.3 Å². The van der Waals surface area contributed by atoms with E-state index in [9.17, 15) is 0 Å². The summed E-state index contributed by atoms with van der Waals surface area (Å²) in [6.07, 6.45) is 6.96. The number of rotatable bonds is 5. The fourth-order valence-electron chi connectivity index (χ4n) is 4.10. The smallest absolute Gasteiger partial charge is 0.114 e. The van der Waals surface area contributed by atoms with Crippen molar-refractivity contribution in [3.63, 3.8) is 0 Å².